The molecule has 186 valence electrons. The molecule has 0 unspecified atom stereocenters. The summed E-state index contributed by atoms with van der Waals surface area (Å²) in [5.41, 5.74) is 2.86. The Morgan fingerprint density at radius 2 is 1.94 bits per heavy atom. The minimum absolute atomic E-state index is 0.0375. The number of hydrogen-bond acceptors (Lipinski definition) is 6. The summed E-state index contributed by atoms with van der Waals surface area (Å²) in [6.07, 6.45) is 7.29. The summed E-state index contributed by atoms with van der Waals surface area (Å²) in [5, 5.41) is 4.35. The van der Waals surface area contributed by atoms with Gasteiger partial charge in [0.25, 0.3) is 5.91 Å². The first-order valence-electron chi connectivity index (χ1n) is 12.1. The first-order chi connectivity index (χ1) is 16.8. The van der Waals surface area contributed by atoms with Gasteiger partial charge < -0.3 is 20.1 Å². The van der Waals surface area contributed by atoms with Crippen molar-refractivity contribution >= 4 is 44.0 Å². The van der Waals surface area contributed by atoms with Gasteiger partial charge in [-0.15, -0.1) is 0 Å². The molecule has 2 fully saturated rings. The number of nitrogens with zero attached hydrogens (tertiary/aromatic N) is 3. The third kappa shape index (κ3) is 5.53. The molecule has 1 aromatic carbocycles. The van der Waals surface area contributed by atoms with Gasteiger partial charge >= 0.3 is 0 Å². The highest BCUT2D eigenvalue weighted by Gasteiger charge is 2.28. The van der Waals surface area contributed by atoms with Crippen LogP contribution in [0, 0.1) is 5.92 Å². The van der Waals surface area contributed by atoms with Crippen LogP contribution in [-0.4, -0.2) is 68.2 Å². The van der Waals surface area contributed by atoms with Crippen molar-refractivity contribution in [3.8, 4) is 0 Å². The smallest absolute Gasteiger partial charge is 0.270 e. The van der Waals surface area contributed by atoms with E-state index in [1.54, 1.807) is 24.3 Å². The molecule has 2 aromatic heterocycles. The van der Waals surface area contributed by atoms with Crippen molar-refractivity contribution in [2.45, 2.75) is 31.7 Å². The number of carbonyl (C=O) groups is 1. The van der Waals surface area contributed by atoms with Gasteiger partial charge in [-0.1, -0.05) is 0 Å². The zero-order chi connectivity index (χ0) is 24.6. The quantitative estimate of drug-likeness (QED) is 0.440. The number of piperidine rings is 1. The predicted octanol–water partition coefficient (Wildman–Crippen LogP) is 3.50. The lowest BCUT2D eigenvalue weighted by molar-refractivity contribution is 0.0708. The lowest BCUT2D eigenvalue weighted by Crippen LogP contribution is -2.46. The average molecular weight is 497 g/mol. The SMILES string of the molecule is CN(c1ncccc1NCC1CC1)C1CCN(C(=O)c2cc3cc(NS(C)(=O)=O)ccc3[nH]2)CC1. The number of carbonyl (C=O) groups excluding carboxylic acids is 1. The number of aromatic nitrogens is 2. The molecule has 0 radical (unpaired) electrons. The molecule has 3 N–H and O–H groups in total. The Balaban J connectivity index is 1.22. The Morgan fingerprint density at radius 3 is 2.66 bits per heavy atom. The molecule has 10 heteroatoms. The van der Waals surface area contributed by atoms with E-state index >= 15 is 0 Å². The Kier molecular flexibility index (Phi) is 6.31. The summed E-state index contributed by atoms with van der Waals surface area (Å²) >= 11 is 0. The molecule has 2 aliphatic rings. The number of aromatic amines is 1. The van der Waals surface area contributed by atoms with Gasteiger partial charge in [-0.05, 0) is 68.0 Å². The molecule has 0 atom stereocenters. The number of rotatable bonds is 8. The third-order valence-corrected chi connectivity index (χ3v) is 7.46. The van der Waals surface area contributed by atoms with Gasteiger partial charge in [0.1, 0.15) is 5.69 Å². The van der Waals surface area contributed by atoms with Crippen LogP contribution in [0.5, 0.6) is 0 Å². The molecule has 1 aliphatic heterocycles. The minimum Gasteiger partial charge on any atom is -0.382 e. The zero-order valence-electron chi connectivity index (χ0n) is 20.1. The number of benzene rings is 1. The fourth-order valence-electron chi connectivity index (χ4n) is 4.72. The van der Waals surface area contributed by atoms with Crippen LogP contribution in [0.2, 0.25) is 0 Å². The van der Waals surface area contributed by atoms with E-state index in [0.29, 0.717) is 30.5 Å². The summed E-state index contributed by atoms with van der Waals surface area (Å²) in [5.74, 6) is 1.71. The normalized spacial score (nSPS) is 16.9. The number of anilines is 3. The Morgan fingerprint density at radius 1 is 1.17 bits per heavy atom. The number of nitrogens with one attached hydrogen (secondary N) is 3. The van der Waals surface area contributed by atoms with Gasteiger partial charge in [0, 0.05) is 55.5 Å². The maximum Gasteiger partial charge on any atom is 0.270 e. The standard InChI is InChI=1S/C25H32N6O3S/c1-30(24-22(4-3-11-26-24)27-16-17-5-6-17)20-9-12-31(13-10-20)25(32)23-15-18-14-19(29-35(2,33)34)7-8-21(18)28-23/h3-4,7-8,11,14-15,17,20,27-29H,5-6,9-10,12-13,16H2,1-2H3. The summed E-state index contributed by atoms with van der Waals surface area (Å²) in [7, 11) is -1.27. The second kappa shape index (κ2) is 9.41. The molecular weight excluding hydrogens is 464 g/mol. The van der Waals surface area contributed by atoms with Crippen LogP contribution in [-0.2, 0) is 10.0 Å². The van der Waals surface area contributed by atoms with Crippen molar-refractivity contribution in [1.82, 2.24) is 14.9 Å². The number of likely N-dealkylation sites (tertiary alicyclic amines) is 1. The fourth-order valence-corrected chi connectivity index (χ4v) is 5.27. The van der Waals surface area contributed by atoms with E-state index in [1.165, 1.54) is 12.8 Å². The molecule has 3 heterocycles. The molecule has 1 amide bonds. The monoisotopic (exact) mass is 496 g/mol. The highest BCUT2D eigenvalue weighted by atomic mass is 32.2. The van der Waals surface area contributed by atoms with E-state index in [0.717, 1.165) is 54.0 Å². The first kappa shape index (κ1) is 23.5. The van der Waals surface area contributed by atoms with Crippen LogP contribution >= 0.6 is 0 Å². The van der Waals surface area contributed by atoms with E-state index < -0.39 is 10.0 Å². The average Bonchev–Trinajstić information content (AvgIpc) is 3.58. The maximum absolute atomic E-state index is 13.2. The van der Waals surface area contributed by atoms with Gasteiger partial charge in [0.15, 0.2) is 5.82 Å². The topological polar surface area (TPSA) is 110 Å². The Bertz CT molecular complexity index is 1330. The van der Waals surface area contributed by atoms with Gasteiger partial charge in [-0.25, -0.2) is 13.4 Å². The van der Waals surface area contributed by atoms with Gasteiger partial charge in [0.2, 0.25) is 10.0 Å². The summed E-state index contributed by atoms with van der Waals surface area (Å²) < 4.78 is 25.5. The van der Waals surface area contributed by atoms with Crippen molar-refractivity contribution in [3.63, 3.8) is 0 Å². The lowest BCUT2D eigenvalue weighted by Gasteiger charge is -2.37. The van der Waals surface area contributed by atoms with Crippen molar-refractivity contribution < 1.29 is 13.2 Å². The van der Waals surface area contributed by atoms with Crippen LogP contribution in [0.25, 0.3) is 10.9 Å². The van der Waals surface area contributed by atoms with E-state index in [9.17, 15) is 13.2 Å². The first-order valence-corrected chi connectivity index (χ1v) is 14.0. The van der Waals surface area contributed by atoms with Crippen molar-refractivity contribution in [2.75, 3.05) is 47.9 Å². The second-order valence-corrected chi connectivity index (χ2v) is 11.4. The van der Waals surface area contributed by atoms with Crippen molar-refractivity contribution in [1.29, 1.82) is 0 Å². The summed E-state index contributed by atoms with van der Waals surface area (Å²) in [4.78, 5) is 25.1. The molecule has 5 rings (SSSR count). The summed E-state index contributed by atoms with van der Waals surface area (Å²) in [6.45, 7) is 2.33. The van der Waals surface area contributed by atoms with E-state index in [2.05, 4.69) is 38.0 Å². The van der Waals surface area contributed by atoms with Crippen molar-refractivity contribution in [2.24, 2.45) is 5.92 Å². The van der Waals surface area contributed by atoms with Gasteiger partial charge in [-0.2, -0.15) is 0 Å². The van der Waals surface area contributed by atoms with E-state index in [1.807, 2.05) is 17.2 Å². The fraction of sp³-hybridized carbons (Fsp3) is 0.440. The van der Waals surface area contributed by atoms with Gasteiger partial charge in [0.05, 0.1) is 11.9 Å². The second-order valence-electron chi connectivity index (χ2n) is 9.69. The highest BCUT2D eigenvalue weighted by Crippen LogP contribution is 2.32. The summed E-state index contributed by atoms with van der Waals surface area (Å²) in [6, 6.07) is 11.3. The molecule has 1 aliphatic carbocycles. The molecule has 3 aromatic rings. The highest BCUT2D eigenvalue weighted by molar-refractivity contribution is 7.92. The maximum atomic E-state index is 13.2. The lowest BCUT2D eigenvalue weighted by atomic mass is 10.0. The third-order valence-electron chi connectivity index (χ3n) is 6.85. The number of pyridine rings is 1. The molecule has 0 bridgehead atoms. The van der Waals surface area contributed by atoms with E-state index in [-0.39, 0.29) is 5.91 Å². The van der Waals surface area contributed by atoms with Crippen LogP contribution in [0.4, 0.5) is 17.2 Å². The number of H-pyrrole nitrogens is 1. The minimum atomic E-state index is -3.36. The molecule has 0 spiro atoms. The zero-order valence-corrected chi connectivity index (χ0v) is 20.9. The Hall–Kier alpha value is -3.27. The van der Waals surface area contributed by atoms with Crippen LogP contribution in [0.15, 0.2) is 42.6 Å². The molecule has 1 saturated carbocycles. The predicted molar refractivity (Wildman–Crippen MR) is 140 cm³/mol. The number of hydrogen-bond donors (Lipinski definition) is 3. The number of amides is 1. The molecule has 1 saturated heterocycles. The van der Waals surface area contributed by atoms with Crippen LogP contribution in [0.3, 0.4) is 0 Å². The largest absolute Gasteiger partial charge is 0.382 e. The molecular formula is C25H32N6O3S. The molecule has 9 nitrogen and oxygen atoms in total. The van der Waals surface area contributed by atoms with Crippen LogP contribution < -0.4 is 14.9 Å². The van der Waals surface area contributed by atoms with Crippen molar-refractivity contribution in [3.05, 3.63) is 48.3 Å². The number of fused-ring (bicyclic) bond motifs is 1. The van der Waals surface area contributed by atoms with E-state index in [4.69, 9.17) is 0 Å². The van der Waals surface area contributed by atoms with Gasteiger partial charge in [-0.3, -0.25) is 9.52 Å². The number of sulfonamides is 1. The van der Waals surface area contributed by atoms with Crippen LogP contribution in [0.1, 0.15) is 36.2 Å². The Labute approximate surface area is 206 Å². The molecule has 35 heavy (non-hydrogen) atoms.